The molecule has 7 nitrogen and oxygen atoms in total. The fourth-order valence-corrected chi connectivity index (χ4v) is 1.46. The number of aliphatic hydroxyl groups is 1. The Hall–Kier alpha value is -1.44. The highest BCUT2D eigenvalue weighted by Gasteiger charge is 2.22. The number of nitrogens with one attached hydrogen (secondary N) is 1. The lowest BCUT2D eigenvalue weighted by Gasteiger charge is -2.13. The first-order chi connectivity index (χ1) is 8.45. The summed E-state index contributed by atoms with van der Waals surface area (Å²) >= 11 is 11.2. The molecule has 0 aliphatic rings. The van der Waals surface area contributed by atoms with Gasteiger partial charge in [0.25, 0.3) is 5.91 Å². The Morgan fingerprint density at radius 3 is 2.61 bits per heavy atom. The van der Waals surface area contributed by atoms with E-state index in [0.29, 0.717) is 0 Å². The van der Waals surface area contributed by atoms with E-state index in [1.165, 1.54) is 6.07 Å². The third-order valence-corrected chi connectivity index (χ3v) is 2.45. The molecule has 0 saturated carbocycles. The van der Waals surface area contributed by atoms with Gasteiger partial charge in [-0.05, 0) is 6.07 Å². The standard InChI is InChI=1S/C9H9Cl2N3O4/c10-6-3-4(7(11)14-13-6)8(16)12-5(1-2-15)9(17)18/h3,5,15H,1-2H2,(H,12,16)(H,17,18). The molecule has 0 aliphatic heterocycles. The summed E-state index contributed by atoms with van der Waals surface area (Å²) < 4.78 is 0. The van der Waals surface area contributed by atoms with Crippen LogP contribution in [0.5, 0.6) is 0 Å². The topological polar surface area (TPSA) is 112 Å². The molecule has 1 aromatic rings. The molecule has 1 rings (SSSR count). The maximum Gasteiger partial charge on any atom is 0.326 e. The van der Waals surface area contributed by atoms with E-state index in [1.807, 2.05) is 0 Å². The van der Waals surface area contributed by atoms with Crippen molar-refractivity contribution < 1.29 is 19.8 Å². The maximum atomic E-state index is 11.7. The number of nitrogens with zero attached hydrogens (tertiary/aromatic N) is 2. The molecule has 1 unspecified atom stereocenters. The third kappa shape index (κ3) is 3.80. The zero-order chi connectivity index (χ0) is 13.7. The van der Waals surface area contributed by atoms with Crippen molar-refractivity contribution in [2.24, 2.45) is 0 Å². The normalized spacial score (nSPS) is 11.9. The molecule has 98 valence electrons. The highest BCUT2D eigenvalue weighted by atomic mass is 35.5. The average Bonchev–Trinajstić information content (AvgIpc) is 2.31. The molecule has 1 atom stereocenters. The molecule has 0 fully saturated rings. The van der Waals surface area contributed by atoms with Crippen molar-refractivity contribution in [3.63, 3.8) is 0 Å². The number of carbonyl (C=O) groups is 2. The molecule has 1 heterocycles. The molecule has 3 N–H and O–H groups in total. The number of hydrogen-bond acceptors (Lipinski definition) is 5. The van der Waals surface area contributed by atoms with Gasteiger partial charge in [0.2, 0.25) is 0 Å². The van der Waals surface area contributed by atoms with Gasteiger partial charge in [-0.2, -0.15) is 0 Å². The van der Waals surface area contributed by atoms with Crippen molar-refractivity contribution >= 4 is 35.1 Å². The lowest BCUT2D eigenvalue weighted by molar-refractivity contribution is -0.139. The summed E-state index contributed by atoms with van der Waals surface area (Å²) in [6, 6.07) is -0.0464. The van der Waals surface area contributed by atoms with E-state index < -0.39 is 17.9 Å². The van der Waals surface area contributed by atoms with Gasteiger partial charge in [-0.25, -0.2) is 4.79 Å². The Labute approximate surface area is 112 Å². The summed E-state index contributed by atoms with van der Waals surface area (Å²) in [5.74, 6) is -2.01. The van der Waals surface area contributed by atoms with Crippen LogP contribution in [0.2, 0.25) is 10.3 Å². The minimum Gasteiger partial charge on any atom is -0.480 e. The minimum atomic E-state index is -1.26. The molecular formula is C9H9Cl2N3O4. The Morgan fingerprint density at radius 1 is 1.39 bits per heavy atom. The summed E-state index contributed by atoms with van der Waals surface area (Å²) in [6.07, 6.45) is -0.120. The van der Waals surface area contributed by atoms with Crippen LogP contribution in [-0.2, 0) is 4.79 Å². The number of hydrogen-bond donors (Lipinski definition) is 3. The SMILES string of the molecule is O=C(NC(CCO)C(=O)O)c1cc(Cl)nnc1Cl. The largest absolute Gasteiger partial charge is 0.480 e. The number of aromatic nitrogens is 2. The van der Waals surface area contributed by atoms with Gasteiger partial charge in [0.15, 0.2) is 10.3 Å². The van der Waals surface area contributed by atoms with Crippen LogP contribution in [0.25, 0.3) is 0 Å². The van der Waals surface area contributed by atoms with E-state index in [9.17, 15) is 9.59 Å². The second-order valence-corrected chi connectivity index (χ2v) is 3.99. The monoisotopic (exact) mass is 293 g/mol. The van der Waals surface area contributed by atoms with Crippen LogP contribution in [-0.4, -0.2) is 44.9 Å². The predicted octanol–water partition coefficient (Wildman–Crippen LogP) is 0.349. The molecule has 0 saturated heterocycles. The fraction of sp³-hybridized carbons (Fsp3) is 0.333. The Balaban J connectivity index is 2.86. The number of halogens is 2. The van der Waals surface area contributed by atoms with Crippen LogP contribution in [0, 0.1) is 0 Å². The highest BCUT2D eigenvalue weighted by Crippen LogP contribution is 2.15. The average molecular weight is 294 g/mol. The van der Waals surface area contributed by atoms with Crippen LogP contribution >= 0.6 is 23.2 Å². The van der Waals surface area contributed by atoms with E-state index in [1.54, 1.807) is 0 Å². The zero-order valence-corrected chi connectivity index (χ0v) is 10.4. The summed E-state index contributed by atoms with van der Waals surface area (Å²) in [5.41, 5.74) is -0.0825. The summed E-state index contributed by atoms with van der Waals surface area (Å²) in [6.45, 7) is -0.375. The van der Waals surface area contributed by atoms with Crippen molar-refractivity contribution in [3.05, 3.63) is 21.9 Å². The Morgan fingerprint density at radius 2 is 2.06 bits per heavy atom. The van der Waals surface area contributed by atoms with Crippen molar-refractivity contribution in [3.8, 4) is 0 Å². The molecule has 18 heavy (non-hydrogen) atoms. The quantitative estimate of drug-likeness (QED) is 0.722. The lowest BCUT2D eigenvalue weighted by atomic mass is 10.2. The molecule has 0 radical (unpaired) electrons. The van der Waals surface area contributed by atoms with E-state index in [0.717, 1.165) is 0 Å². The maximum absolute atomic E-state index is 11.7. The van der Waals surface area contributed by atoms with Crippen LogP contribution in [0.15, 0.2) is 6.07 Å². The van der Waals surface area contributed by atoms with Gasteiger partial charge in [-0.15, -0.1) is 10.2 Å². The van der Waals surface area contributed by atoms with Gasteiger partial charge < -0.3 is 15.5 Å². The fourth-order valence-electron chi connectivity index (χ4n) is 1.13. The summed E-state index contributed by atoms with van der Waals surface area (Å²) in [4.78, 5) is 22.5. The highest BCUT2D eigenvalue weighted by molar-refractivity contribution is 6.34. The molecule has 0 spiro atoms. The van der Waals surface area contributed by atoms with Crippen molar-refractivity contribution in [1.29, 1.82) is 0 Å². The molecule has 1 aromatic heterocycles. The number of carboxylic acid groups (broad SMARTS) is 1. The molecule has 1 amide bonds. The number of rotatable bonds is 5. The zero-order valence-electron chi connectivity index (χ0n) is 8.93. The first-order valence-corrected chi connectivity index (χ1v) is 5.54. The van der Waals surface area contributed by atoms with Crippen LogP contribution in [0.1, 0.15) is 16.8 Å². The van der Waals surface area contributed by atoms with E-state index in [-0.39, 0.29) is 28.9 Å². The van der Waals surface area contributed by atoms with E-state index >= 15 is 0 Å². The number of carbonyl (C=O) groups excluding carboxylic acids is 1. The van der Waals surface area contributed by atoms with Gasteiger partial charge in [-0.3, -0.25) is 4.79 Å². The first-order valence-electron chi connectivity index (χ1n) is 4.79. The Bertz CT molecular complexity index is 469. The molecule has 0 aromatic carbocycles. The van der Waals surface area contributed by atoms with Crippen molar-refractivity contribution in [2.75, 3.05) is 6.61 Å². The smallest absolute Gasteiger partial charge is 0.326 e. The van der Waals surface area contributed by atoms with Crippen LogP contribution < -0.4 is 5.32 Å². The minimum absolute atomic E-state index is 0.0430. The van der Waals surface area contributed by atoms with Crippen LogP contribution in [0.4, 0.5) is 0 Å². The molecular weight excluding hydrogens is 285 g/mol. The molecule has 0 aliphatic carbocycles. The van der Waals surface area contributed by atoms with E-state index in [2.05, 4.69) is 15.5 Å². The Kier molecular flexibility index (Phi) is 5.26. The first kappa shape index (κ1) is 14.6. The van der Waals surface area contributed by atoms with Crippen molar-refractivity contribution in [1.82, 2.24) is 15.5 Å². The van der Waals surface area contributed by atoms with Crippen LogP contribution in [0.3, 0.4) is 0 Å². The summed E-state index contributed by atoms with van der Waals surface area (Å²) in [7, 11) is 0. The van der Waals surface area contributed by atoms with Gasteiger partial charge in [-0.1, -0.05) is 23.2 Å². The molecule has 9 heteroatoms. The van der Waals surface area contributed by atoms with Gasteiger partial charge in [0.1, 0.15) is 6.04 Å². The second-order valence-electron chi connectivity index (χ2n) is 3.25. The number of aliphatic hydroxyl groups excluding tert-OH is 1. The van der Waals surface area contributed by atoms with Gasteiger partial charge >= 0.3 is 5.97 Å². The lowest BCUT2D eigenvalue weighted by Crippen LogP contribution is -2.41. The summed E-state index contributed by atoms with van der Waals surface area (Å²) in [5, 5.41) is 26.3. The van der Waals surface area contributed by atoms with E-state index in [4.69, 9.17) is 33.4 Å². The van der Waals surface area contributed by atoms with Gasteiger partial charge in [0.05, 0.1) is 5.56 Å². The second kappa shape index (κ2) is 6.48. The van der Waals surface area contributed by atoms with Gasteiger partial charge in [0, 0.05) is 13.0 Å². The molecule has 0 bridgehead atoms. The third-order valence-electron chi connectivity index (χ3n) is 1.98. The predicted molar refractivity (Wildman–Crippen MR) is 62.6 cm³/mol. The number of amides is 1. The number of carboxylic acids is 1. The number of aliphatic carboxylic acids is 1. The van der Waals surface area contributed by atoms with Crippen molar-refractivity contribution in [2.45, 2.75) is 12.5 Å².